The molecule has 0 spiro atoms. The quantitative estimate of drug-likeness (QED) is 0.739. The zero-order chi connectivity index (χ0) is 10.7. The monoisotopic (exact) mass is 207 g/mol. The summed E-state index contributed by atoms with van der Waals surface area (Å²) in [6.45, 7) is 5.84. The van der Waals surface area contributed by atoms with Crippen molar-refractivity contribution in [1.82, 2.24) is 0 Å². The second-order valence-corrected chi connectivity index (χ2v) is 7.27. The van der Waals surface area contributed by atoms with Gasteiger partial charge in [-0.1, -0.05) is 13.8 Å². The Bertz CT molecular complexity index is 257. The van der Waals surface area contributed by atoms with E-state index in [1.807, 2.05) is 0 Å². The van der Waals surface area contributed by atoms with Crippen LogP contribution < -0.4 is 5.73 Å². The van der Waals surface area contributed by atoms with Crippen molar-refractivity contribution in [3.63, 3.8) is 0 Å². The maximum Gasteiger partial charge on any atom is -0.00462 e. The van der Waals surface area contributed by atoms with Crippen LogP contribution in [0.3, 0.4) is 0 Å². The van der Waals surface area contributed by atoms with Crippen LogP contribution in [-0.2, 0) is 0 Å². The van der Waals surface area contributed by atoms with Crippen LogP contribution in [0.25, 0.3) is 0 Å². The first kappa shape index (κ1) is 10.1. The topological polar surface area (TPSA) is 26.0 Å². The summed E-state index contributed by atoms with van der Waals surface area (Å²) >= 11 is 0. The van der Waals surface area contributed by atoms with Gasteiger partial charge in [0, 0.05) is 0 Å². The maximum absolute atomic E-state index is 5.94. The first-order valence-electron chi connectivity index (χ1n) is 6.75. The van der Waals surface area contributed by atoms with E-state index in [1.165, 1.54) is 38.5 Å². The molecule has 4 aliphatic rings. The van der Waals surface area contributed by atoms with Crippen LogP contribution in [0.2, 0.25) is 0 Å². The number of hydrogen-bond donors (Lipinski definition) is 1. The highest BCUT2D eigenvalue weighted by molar-refractivity contribution is 5.07. The smallest absolute Gasteiger partial charge is 0.00462 e. The predicted molar refractivity (Wildman–Crippen MR) is 63.4 cm³/mol. The predicted octanol–water partition coefficient (Wildman–Crippen LogP) is 3.19. The molecule has 86 valence electrons. The van der Waals surface area contributed by atoms with E-state index >= 15 is 0 Å². The molecule has 0 heterocycles. The van der Waals surface area contributed by atoms with Gasteiger partial charge in [-0.3, -0.25) is 0 Å². The SMILES string of the molecule is CC(CN)C12CC3CC(CC(C)(C3)C1)C2. The summed E-state index contributed by atoms with van der Waals surface area (Å²) in [4.78, 5) is 0. The third-order valence-corrected chi connectivity index (χ3v) is 5.80. The Morgan fingerprint density at radius 2 is 1.80 bits per heavy atom. The minimum atomic E-state index is 0.646. The van der Waals surface area contributed by atoms with Crippen LogP contribution in [-0.4, -0.2) is 6.54 Å². The lowest BCUT2D eigenvalue weighted by molar-refractivity contribution is -0.124. The Balaban J connectivity index is 1.92. The van der Waals surface area contributed by atoms with Crippen molar-refractivity contribution >= 4 is 0 Å². The fourth-order valence-corrected chi connectivity index (χ4v) is 5.62. The zero-order valence-electron chi connectivity index (χ0n) is 10.3. The van der Waals surface area contributed by atoms with Crippen LogP contribution in [0.5, 0.6) is 0 Å². The van der Waals surface area contributed by atoms with Gasteiger partial charge in [0.1, 0.15) is 0 Å². The molecular formula is C14H25N. The van der Waals surface area contributed by atoms with Crippen LogP contribution in [0, 0.1) is 28.6 Å². The second kappa shape index (κ2) is 3.00. The first-order chi connectivity index (χ1) is 7.05. The number of hydrogen-bond acceptors (Lipinski definition) is 1. The minimum Gasteiger partial charge on any atom is -0.330 e. The molecule has 4 aliphatic carbocycles. The van der Waals surface area contributed by atoms with E-state index in [0.717, 1.165) is 24.3 Å². The molecule has 4 saturated carbocycles. The van der Waals surface area contributed by atoms with Crippen molar-refractivity contribution in [1.29, 1.82) is 0 Å². The van der Waals surface area contributed by atoms with E-state index in [-0.39, 0.29) is 0 Å². The largest absolute Gasteiger partial charge is 0.330 e. The van der Waals surface area contributed by atoms with Gasteiger partial charge in [0.25, 0.3) is 0 Å². The second-order valence-electron chi connectivity index (χ2n) is 7.27. The van der Waals surface area contributed by atoms with Gasteiger partial charge in [0.05, 0.1) is 0 Å². The zero-order valence-corrected chi connectivity index (χ0v) is 10.3. The molecule has 3 atom stereocenters. The van der Waals surface area contributed by atoms with E-state index in [4.69, 9.17) is 5.73 Å². The Labute approximate surface area is 93.8 Å². The normalized spacial score (nSPS) is 54.6. The number of nitrogens with two attached hydrogens (primary N) is 1. The molecule has 0 radical (unpaired) electrons. The molecule has 15 heavy (non-hydrogen) atoms. The van der Waals surface area contributed by atoms with Gasteiger partial charge in [-0.25, -0.2) is 0 Å². The van der Waals surface area contributed by atoms with Crippen LogP contribution >= 0.6 is 0 Å². The molecule has 0 aromatic carbocycles. The molecule has 0 amide bonds. The lowest BCUT2D eigenvalue weighted by Crippen LogP contribution is -2.54. The van der Waals surface area contributed by atoms with Crippen molar-refractivity contribution in [2.75, 3.05) is 6.54 Å². The van der Waals surface area contributed by atoms with Gasteiger partial charge in [-0.15, -0.1) is 0 Å². The van der Waals surface area contributed by atoms with Gasteiger partial charge in [-0.05, 0) is 73.7 Å². The molecule has 4 bridgehead atoms. The Hall–Kier alpha value is -0.0400. The third-order valence-electron chi connectivity index (χ3n) is 5.80. The standard InChI is InChI=1S/C14H25N/c1-10(8-15)14-6-11-3-12(7-14)5-13(2,4-11)9-14/h10-12H,3-9,15H2,1-2H3. The lowest BCUT2D eigenvalue weighted by Gasteiger charge is -2.63. The molecule has 0 aromatic heterocycles. The van der Waals surface area contributed by atoms with Crippen molar-refractivity contribution < 1.29 is 0 Å². The maximum atomic E-state index is 5.94. The Kier molecular flexibility index (Phi) is 2.03. The highest BCUT2D eigenvalue weighted by Gasteiger charge is 2.56. The van der Waals surface area contributed by atoms with Crippen molar-refractivity contribution in [3.8, 4) is 0 Å². The van der Waals surface area contributed by atoms with Crippen LogP contribution in [0.1, 0.15) is 52.4 Å². The van der Waals surface area contributed by atoms with E-state index in [1.54, 1.807) is 0 Å². The Morgan fingerprint density at radius 1 is 1.20 bits per heavy atom. The van der Waals surface area contributed by atoms with Crippen molar-refractivity contribution in [2.24, 2.45) is 34.3 Å². The molecule has 2 N–H and O–H groups in total. The van der Waals surface area contributed by atoms with Crippen LogP contribution in [0.15, 0.2) is 0 Å². The average molecular weight is 207 g/mol. The molecular weight excluding hydrogens is 182 g/mol. The summed E-state index contributed by atoms with van der Waals surface area (Å²) in [5.41, 5.74) is 7.27. The van der Waals surface area contributed by atoms with Crippen molar-refractivity contribution in [3.05, 3.63) is 0 Å². The van der Waals surface area contributed by atoms with Gasteiger partial charge < -0.3 is 5.73 Å². The summed E-state index contributed by atoms with van der Waals surface area (Å²) in [6, 6.07) is 0. The van der Waals surface area contributed by atoms with E-state index in [9.17, 15) is 0 Å². The summed E-state index contributed by atoms with van der Waals surface area (Å²) in [6.07, 6.45) is 9.04. The number of rotatable bonds is 2. The molecule has 1 heteroatoms. The highest BCUT2D eigenvalue weighted by atomic mass is 14.7. The fourth-order valence-electron chi connectivity index (χ4n) is 5.62. The van der Waals surface area contributed by atoms with Crippen LogP contribution in [0.4, 0.5) is 0 Å². The fraction of sp³-hybridized carbons (Fsp3) is 1.00. The highest BCUT2D eigenvalue weighted by Crippen LogP contribution is 2.67. The third kappa shape index (κ3) is 1.39. The van der Waals surface area contributed by atoms with E-state index < -0.39 is 0 Å². The van der Waals surface area contributed by atoms with Gasteiger partial charge in [0.2, 0.25) is 0 Å². The lowest BCUT2D eigenvalue weighted by atomic mass is 9.42. The van der Waals surface area contributed by atoms with Gasteiger partial charge in [-0.2, -0.15) is 0 Å². The summed E-state index contributed by atoms with van der Waals surface area (Å²) in [7, 11) is 0. The summed E-state index contributed by atoms with van der Waals surface area (Å²) < 4.78 is 0. The molecule has 1 nitrogen and oxygen atoms in total. The van der Waals surface area contributed by atoms with E-state index in [2.05, 4.69) is 13.8 Å². The van der Waals surface area contributed by atoms with Gasteiger partial charge in [0.15, 0.2) is 0 Å². The first-order valence-corrected chi connectivity index (χ1v) is 6.75. The summed E-state index contributed by atoms with van der Waals surface area (Å²) in [5, 5.41) is 0. The van der Waals surface area contributed by atoms with E-state index in [0.29, 0.717) is 10.8 Å². The molecule has 0 saturated heterocycles. The van der Waals surface area contributed by atoms with Crippen molar-refractivity contribution in [2.45, 2.75) is 52.4 Å². The summed E-state index contributed by atoms with van der Waals surface area (Å²) in [5.74, 6) is 2.85. The molecule has 0 aliphatic heterocycles. The van der Waals surface area contributed by atoms with Gasteiger partial charge >= 0.3 is 0 Å². The molecule has 3 unspecified atom stereocenters. The molecule has 0 aromatic rings. The molecule has 4 fully saturated rings. The minimum absolute atomic E-state index is 0.646. The Morgan fingerprint density at radius 3 is 2.27 bits per heavy atom. The average Bonchev–Trinajstić information content (AvgIpc) is 2.12. The molecule has 4 rings (SSSR count).